The third-order valence-corrected chi connectivity index (χ3v) is 7.17. The number of alkyl halides is 3. The number of carboxylic acids is 1. The minimum atomic E-state index is -4.63. The SMILES string of the molecule is CCOC(c1ccc(Cl)c(NC(=O)[C@H](c2ccc(Cl)cc2)[C@@H](C)C(F)(F)F)c1)C1(C(=O)O)CCC1. The lowest BCUT2D eigenvalue weighted by Gasteiger charge is -2.43. The molecule has 1 aliphatic rings. The van der Waals surface area contributed by atoms with Crippen LogP contribution in [0.4, 0.5) is 18.9 Å². The number of ether oxygens (including phenoxy) is 1. The molecule has 1 aliphatic carbocycles. The number of benzene rings is 2. The molecule has 1 fully saturated rings. The van der Waals surface area contributed by atoms with Crippen LogP contribution < -0.4 is 5.32 Å². The first kappa shape index (κ1) is 27.3. The van der Waals surface area contributed by atoms with Crippen molar-refractivity contribution in [3.63, 3.8) is 0 Å². The number of hydrogen-bond donors (Lipinski definition) is 2. The summed E-state index contributed by atoms with van der Waals surface area (Å²) in [5, 5.41) is 12.8. The Morgan fingerprint density at radius 1 is 1.11 bits per heavy atom. The summed E-state index contributed by atoms with van der Waals surface area (Å²) < 4.78 is 46.7. The molecule has 2 N–H and O–H groups in total. The second-order valence-electron chi connectivity index (χ2n) is 8.74. The number of halogens is 5. The topological polar surface area (TPSA) is 75.6 Å². The van der Waals surface area contributed by atoms with E-state index in [1.165, 1.54) is 36.4 Å². The highest BCUT2D eigenvalue weighted by molar-refractivity contribution is 6.33. The summed E-state index contributed by atoms with van der Waals surface area (Å²) >= 11 is 12.1. The molecule has 1 amide bonds. The number of aliphatic carboxylic acids is 1. The second-order valence-corrected chi connectivity index (χ2v) is 9.58. The Morgan fingerprint density at radius 2 is 1.71 bits per heavy atom. The Kier molecular flexibility index (Phi) is 8.40. The number of nitrogens with one attached hydrogen (secondary N) is 1. The van der Waals surface area contributed by atoms with Crippen LogP contribution >= 0.6 is 23.2 Å². The maximum absolute atomic E-state index is 13.6. The third kappa shape index (κ3) is 5.76. The van der Waals surface area contributed by atoms with Crippen LogP contribution in [-0.2, 0) is 14.3 Å². The van der Waals surface area contributed by atoms with Crippen LogP contribution in [0.5, 0.6) is 0 Å². The van der Waals surface area contributed by atoms with E-state index in [-0.39, 0.29) is 22.9 Å². The van der Waals surface area contributed by atoms with Gasteiger partial charge in [0.15, 0.2) is 0 Å². The molecular formula is C25H26Cl2F3NO4. The highest BCUT2D eigenvalue weighted by atomic mass is 35.5. The van der Waals surface area contributed by atoms with Crippen LogP contribution in [-0.4, -0.2) is 29.8 Å². The van der Waals surface area contributed by atoms with Gasteiger partial charge in [0.25, 0.3) is 0 Å². The molecule has 0 heterocycles. The first-order valence-corrected chi connectivity index (χ1v) is 11.9. The van der Waals surface area contributed by atoms with E-state index in [1.54, 1.807) is 13.0 Å². The smallest absolute Gasteiger partial charge is 0.392 e. The van der Waals surface area contributed by atoms with E-state index in [9.17, 15) is 27.9 Å². The lowest BCUT2D eigenvalue weighted by molar-refractivity contribution is -0.178. The molecule has 10 heteroatoms. The fraction of sp³-hybridized carbons (Fsp3) is 0.440. The Bertz CT molecular complexity index is 1070. The second kappa shape index (κ2) is 10.8. The van der Waals surface area contributed by atoms with Crippen LogP contribution in [0.15, 0.2) is 42.5 Å². The van der Waals surface area contributed by atoms with Crippen LogP contribution in [0, 0.1) is 11.3 Å². The van der Waals surface area contributed by atoms with E-state index in [0.29, 0.717) is 23.4 Å². The first-order chi connectivity index (χ1) is 16.4. The monoisotopic (exact) mass is 531 g/mol. The minimum absolute atomic E-state index is 0.0760. The summed E-state index contributed by atoms with van der Waals surface area (Å²) in [5.41, 5.74) is -0.412. The summed E-state index contributed by atoms with van der Waals surface area (Å²) in [6, 6.07) is 10.2. The predicted molar refractivity (Wildman–Crippen MR) is 128 cm³/mol. The average Bonchev–Trinajstić information content (AvgIpc) is 2.74. The fourth-order valence-electron chi connectivity index (χ4n) is 4.43. The summed E-state index contributed by atoms with van der Waals surface area (Å²) in [4.78, 5) is 25.3. The molecule has 0 radical (unpaired) electrons. The van der Waals surface area contributed by atoms with Crippen molar-refractivity contribution in [1.82, 2.24) is 0 Å². The fourth-order valence-corrected chi connectivity index (χ4v) is 4.72. The van der Waals surface area contributed by atoms with Crippen molar-refractivity contribution in [3.05, 3.63) is 63.6 Å². The minimum Gasteiger partial charge on any atom is -0.481 e. The molecular weight excluding hydrogens is 506 g/mol. The molecule has 1 unspecified atom stereocenters. The number of amides is 1. The molecule has 0 aliphatic heterocycles. The summed E-state index contributed by atoms with van der Waals surface area (Å²) in [5.74, 6) is -5.44. The molecule has 3 rings (SSSR count). The number of carboxylic acid groups (broad SMARTS) is 1. The van der Waals surface area contributed by atoms with Gasteiger partial charge in [-0.1, -0.05) is 54.7 Å². The van der Waals surface area contributed by atoms with Crippen molar-refractivity contribution in [1.29, 1.82) is 0 Å². The van der Waals surface area contributed by atoms with Crippen molar-refractivity contribution in [2.75, 3.05) is 11.9 Å². The van der Waals surface area contributed by atoms with Gasteiger partial charge in [-0.25, -0.2) is 0 Å². The van der Waals surface area contributed by atoms with Crippen molar-refractivity contribution in [3.8, 4) is 0 Å². The van der Waals surface area contributed by atoms with Gasteiger partial charge in [0.1, 0.15) is 0 Å². The zero-order valence-corrected chi connectivity index (χ0v) is 20.7. The summed E-state index contributed by atoms with van der Waals surface area (Å²) in [6.07, 6.45) is -3.83. The largest absolute Gasteiger partial charge is 0.481 e. The Hall–Kier alpha value is -2.29. The van der Waals surface area contributed by atoms with E-state index >= 15 is 0 Å². The molecule has 0 bridgehead atoms. The normalized spacial score (nSPS) is 17.7. The van der Waals surface area contributed by atoms with Gasteiger partial charge in [-0.3, -0.25) is 9.59 Å². The van der Waals surface area contributed by atoms with E-state index in [4.69, 9.17) is 27.9 Å². The van der Waals surface area contributed by atoms with Crippen molar-refractivity contribution < 1.29 is 32.6 Å². The molecule has 0 saturated heterocycles. The molecule has 2 aromatic rings. The van der Waals surface area contributed by atoms with E-state index in [2.05, 4.69) is 5.32 Å². The molecule has 1 saturated carbocycles. The Morgan fingerprint density at radius 3 is 2.20 bits per heavy atom. The Balaban J connectivity index is 1.97. The lowest BCUT2D eigenvalue weighted by atomic mass is 9.63. The van der Waals surface area contributed by atoms with Gasteiger partial charge in [0.05, 0.1) is 34.1 Å². The van der Waals surface area contributed by atoms with Crippen LogP contribution in [0.1, 0.15) is 56.3 Å². The van der Waals surface area contributed by atoms with Gasteiger partial charge in [-0.15, -0.1) is 0 Å². The molecule has 3 atom stereocenters. The third-order valence-electron chi connectivity index (χ3n) is 6.59. The standard InChI is InChI=1S/C25H26Cl2F3NO4/c1-3-35-21(24(23(33)34)11-4-12-24)16-7-10-18(27)19(13-16)31-22(32)20(14(2)25(28,29)30)15-5-8-17(26)9-6-15/h5-10,13-14,20-21H,3-4,11-12H2,1-2H3,(H,31,32)(H,33,34)/t14-,20+,21?/m1/s1. The first-order valence-electron chi connectivity index (χ1n) is 11.2. The summed E-state index contributed by atoms with van der Waals surface area (Å²) in [7, 11) is 0. The van der Waals surface area contributed by atoms with Gasteiger partial charge in [-0.05, 0) is 55.2 Å². The van der Waals surface area contributed by atoms with E-state index in [1.807, 2.05) is 0 Å². The van der Waals surface area contributed by atoms with Gasteiger partial charge in [-0.2, -0.15) is 13.2 Å². The Labute approximate surface area is 211 Å². The van der Waals surface area contributed by atoms with E-state index < -0.39 is 41.4 Å². The number of rotatable bonds is 9. The number of carbonyl (C=O) groups excluding carboxylic acids is 1. The van der Waals surface area contributed by atoms with E-state index in [0.717, 1.165) is 13.3 Å². The molecule has 190 valence electrons. The van der Waals surface area contributed by atoms with Crippen LogP contribution in [0.3, 0.4) is 0 Å². The molecule has 35 heavy (non-hydrogen) atoms. The number of carbonyl (C=O) groups is 2. The highest BCUT2D eigenvalue weighted by Crippen LogP contribution is 2.53. The molecule has 2 aromatic carbocycles. The maximum Gasteiger partial charge on any atom is 0.392 e. The van der Waals surface area contributed by atoms with Crippen molar-refractivity contribution in [2.45, 2.75) is 51.3 Å². The van der Waals surface area contributed by atoms with Gasteiger partial charge in [0, 0.05) is 11.6 Å². The van der Waals surface area contributed by atoms with Crippen LogP contribution in [0.2, 0.25) is 10.0 Å². The number of hydrogen-bond acceptors (Lipinski definition) is 3. The molecule has 0 spiro atoms. The highest BCUT2D eigenvalue weighted by Gasteiger charge is 2.52. The van der Waals surface area contributed by atoms with Gasteiger partial charge >= 0.3 is 12.1 Å². The zero-order chi connectivity index (χ0) is 26.0. The zero-order valence-electron chi connectivity index (χ0n) is 19.2. The molecule has 0 aromatic heterocycles. The van der Waals surface area contributed by atoms with Crippen molar-refractivity contribution >= 4 is 40.8 Å². The van der Waals surface area contributed by atoms with Gasteiger partial charge < -0.3 is 15.2 Å². The average molecular weight is 532 g/mol. The predicted octanol–water partition coefficient (Wildman–Crippen LogP) is 7.25. The maximum atomic E-state index is 13.6. The quantitative estimate of drug-likeness (QED) is 0.357. The van der Waals surface area contributed by atoms with Gasteiger partial charge in [0.2, 0.25) is 5.91 Å². The molecule has 5 nitrogen and oxygen atoms in total. The summed E-state index contributed by atoms with van der Waals surface area (Å²) in [6.45, 7) is 2.94. The van der Waals surface area contributed by atoms with Crippen molar-refractivity contribution in [2.24, 2.45) is 11.3 Å². The lowest BCUT2D eigenvalue weighted by Crippen LogP contribution is -2.44. The van der Waals surface area contributed by atoms with Crippen LogP contribution in [0.25, 0.3) is 0 Å². The number of anilines is 1.